The van der Waals surface area contributed by atoms with E-state index in [2.05, 4.69) is 21.2 Å². The van der Waals surface area contributed by atoms with Crippen LogP contribution >= 0.6 is 15.9 Å². The van der Waals surface area contributed by atoms with E-state index in [4.69, 9.17) is 9.47 Å². The summed E-state index contributed by atoms with van der Waals surface area (Å²) in [6, 6.07) is 12.7. The highest BCUT2D eigenvalue weighted by Gasteiger charge is 2.06. The normalized spacial score (nSPS) is 10.6. The molecule has 5 nitrogen and oxygen atoms in total. The van der Waals surface area contributed by atoms with Gasteiger partial charge in [0.15, 0.2) is 11.5 Å². The lowest BCUT2D eigenvalue weighted by Gasteiger charge is -2.07. The molecule has 0 unspecified atom stereocenters. The maximum Gasteiger partial charge on any atom is 0.407 e. The molecule has 0 atom stereocenters. The Kier molecular flexibility index (Phi) is 6.69. The monoisotopic (exact) mass is 391 g/mol. The van der Waals surface area contributed by atoms with Gasteiger partial charge in [-0.2, -0.15) is 0 Å². The Morgan fingerprint density at radius 2 is 2.04 bits per heavy atom. The van der Waals surface area contributed by atoms with Crippen LogP contribution in [0.25, 0.3) is 6.08 Å². The molecule has 0 fully saturated rings. The molecule has 0 saturated carbocycles. The molecule has 0 aromatic heterocycles. The van der Waals surface area contributed by atoms with Crippen molar-refractivity contribution in [3.05, 3.63) is 64.1 Å². The number of carbonyl (C=O) groups is 1. The fraction of sp³-hybridized carbons (Fsp3) is 0.167. The lowest BCUT2D eigenvalue weighted by atomic mass is 10.2. The highest BCUT2D eigenvalue weighted by Crippen LogP contribution is 2.32. The summed E-state index contributed by atoms with van der Waals surface area (Å²) in [7, 11) is 1.49. The first-order chi connectivity index (χ1) is 11.6. The summed E-state index contributed by atoms with van der Waals surface area (Å²) in [4.78, 5) is 11.6. The smallest absolute Gasteiger partial charge is 0.407 e. The van der Waals surface area contributed by atoms with Crippen LogP contribution in [-0.2, 0) is 11.3 Å². The van der Waals surface area contributed by atoms with E-state index in [0.29, 0.717) is 12.3 Å². The van der Waals surface area contributed by atoms with Crippen molar-refractivity contribution >= 4 is 28.1 Å². The minimum Gasteiger partial charge on any atom is -0.504 e. The number of phenolic OH excluding ortho intramolecular Hbond substituents is 1. The molecule has 0 spiro atoms. The van der Waals surface area contributed by atoms with Gasteiger partial charge >= 0.3 is 6.09 Å². The summed E-state index contributed by atoms with van der Waals surface area (Å²) in [5.74, 6) is 0.442. The van der Waals surface area contributed by atoms with Gasteiger partial charge in [-0.25, -0.2) is 4.79 Å². The van der Waals surface area contributed by atoms with Crippen LogP contribution in [0, 0.1) is 0 Å². The Morgan fingerprint density at radius 3 is 2.75 bits per heavy atom. The van der Waals surface area contributed by atoms with Gasteiger partial charge in [-0.1, -0.05) is 58.4 Å². The Labute approximate surface area is 149 Å². The van der Waals surface area contributed by atoms with Crippen molar-refractivity contribution in [2.75, 3.05) is 13.7 Å². The third-order valence-electron chi connectivity index (χ3n) is 3.17. The number of aromatic hydroxyl groups is 1. The molecule has 2 N–H and O–H groups in total. The number of nitrogens with one attached hydrogen (secondary N) is 1. The van der Waals surface area contributed by atoms with Crippen molar-refractivity contribution in [1.82, 2.24) is 5.32 Å². The number of phenols is 1. The molecule has 0 heterocycles. The van der Waals surface area contributed by atoms with Crippen LogP contribution in [-0.4, -0.2) is 24.9 Å². The van der Waals surface area contributed by atoms with Gasteiger partial charge in [0.25, 0.3) is 0 Å². The second kappa shape index (κ2) is 8.98. The largest absolute Gasteiger partial charge is 0.504 e. The molecule has 24 heavy (non-hydrogen) atoms. The molecule has 0 aliphatic rings. The third-order valence-corrected chi connectivity index (χ3v) is 3.86. The molecule has 0 bridgehead atoms. The Morgan fingerprint density at radius 1 is 1.29 bits per heavy atom. The zero-order chi connectivity index (χ0) is 17.4. The first kappa shape index (κ1) is 17.9. The average Bonchev–Trinajstić information content (AvgIpc) is 2.60. The number of alkyl carbamates (subject to hydrolysis) is 1. The first-order valence-electron chi connectivity index (χ1n) is 7.27. The summed E-state index contributed by atoms with van der Waals surface area (Å²) < 4.78 is 10.9. The van der Waals surface area contributed by atoms with Crippen molar-refractivity contribution in [3.8, 4) is 11.5 Å². The maximum atomic E-state index is 11.6. The molecule has 2 rings (SSSR count). The molecule has 126 valence electrons. The van der Waals surface area contributed by atoms with Gasteiger partial charge < -0.3 is 19.9 Å². The fourth-order valence-electron chi connectivity index (χ4n) is 1.95. The van der Waals surface area contributed by atoms with Gasteiger partial charge in [0, 0.05) is 11.0 Å². The fourth-order valence-corrected chi connectivity index (χ4v) is 2.41. The second-order valence-electron chi connectivity index (χ2n) is 4.89. The predicted octanol–water partition coefficient (Wildman–Crippen LogP) is 4.10. The zero-order valence-electron chi connectivity index (χ0n) is 13.2. The van der Waals surface area contributed by atoms with Gasteiger partial charge in [0.2, 0.25) is 0 Å². The average molecular weight is 392 g/mol. The van der Waals surface area contributed by atoms with E-state index in [-0.39, 0.29) is 12.4 Å². The number of ether oxygens (including phenoxy) is 2. The topological polar surface area (TPSA) is 67.8 Å². The van der Waals surface area contributed by atoms with Crippen LogP contribution in [0.2, 0.25) is 0 Å². The molecule has 0 aliphatic heterocycles. The van der Waals surface area contributed by atoms with Crippen molar-refractivity contribution in [2.24, 2.45) is 0 Å². The Bertz CT molecular complexity index is 716. The number of carbonyl (C=O) groups excluding carboxylic acids is 1. The van der Waals surface area contributed by atoms with Crippen LogP contribution in [0.15, 0.2) is 53.0 Å². The lowest BCUT2D eigenvalue weighted by Crippen LogP contribution is -2.24. The van der Waals surface area contributed by atoms with Crippen LogP contribution in [0.4, 0.5) is 4.79 Å². The zero-order valence-corrected chi connectivity index (χ0v) is 14.7. The summed E-state index contributed by atoms with van der Waals surface area (Å²) in [5, 5.41) is 12.4. The number of hydrogen-bond donors (Lipinski definition) is 2. The SMILES string of the molecule is COc1cc(Br)c(C=CCNC(=O)OCc2ccccc2)cc1O. The maximum absolute atomic E-state index is 11.6. The van der Waals surface area contributed by atoms with Crippen molar-refractivity contribution in [1.29, 1.82) is 0 Å². The molecular formula is C18H18BrNO4. The highest BCUT2D eigenvalue weighted by atomic mass is 79.9. The van der Waals surface area contributed by atoms with Gasteiger partial charge in [0.1, 0.15) is 6.61 Å². The molecule has 0 saturated heterocycles. The summed E-state index contributed by atoms with van der Waals surface area (Å²) in [5.41, 5.74) is 1.70. The lowest BCUT2D eigenvalue weighted by molar-refractivity contribution is 0.141. The van der Waals surface area contributed by atoms with Crippen molar-refractivity contribution in [3.63, 3.8) is 0 Å². The third kappa shape index (κ3) is 5.31. The molecule has 1 amide bonds. The quantitative estimate of drug-likeness (QED) is 0.777. The van der Waals surface area contributed by atoms with E-state index >= 15 is 0 Å². The standard InChI is InChI=1S/C18H18BrNO4/c1-23-17-11-15(19)14(10-16(17)21)8-5-9-20-18(22)24-12-13-6-3-2-4-7-13/h2-8,10-11,21H,9,12H2,1H3,(H,20,22). The summed E-state index contributed by atoms with van der Waals surface area (Å²) >= 11 is 3.40. The van der Waals surface area contributed by atoms with E-state index in [9.17, 15) is 9.90 Å². The number of rotatable bonds is 6. The van der Waals surface area contributed by atoms with Crippen molar-refractivity contribution < 1.29 is 19.4 Å². The van der Waals surface area contributed by atoms with E-state index in [1.54, 1.807) is 24.3 Å². The van der Waals surface area contributed by atoms with Crippen molar-refractivity contribution in [2.45, 2.75) is 6.61 Å². The van der Waals surface area contributed by atoms with Gasteiger partial charge in [-0.15, -0.1) is 0 Å². The summed E-state index contributed by atoms with van der Waals surface area (Å²) in [6.07, 6.45) is 3.05. The Hall–Kier alpha value is -2.47. The van der Waals surface area contributed by atoms with E-state index in [1.807, 2.05) is 30.3 Å². The first-order valence-corrected chi connectivity index (χ1v) is 8.07. The second-order valence-corrected chi connectivity index (χ2v) is 5.74. The molecule has 2 aromatic carbocycles. The predicted molar refractivity (Wildman–Crippen MR) is 96.0 cm³/mol. The van der Waals surface area contributed by atoms with Crippen LogP contribution < -0.4 is 10.1 Å². The van der Waals surface area contributed by atoms with Gasteiger partial charge in [-0.05, 0) is 23.3 Å². The number of methoxy groups -OCH3 is 1. The summed E-state index contributed by atoms with van der Waals surface area (Å²) in [6.45, 7) is 0.543. The molecule has 2 aromatic rings. The highest BCUT2D eigenvalue weighted by molar-refractivity contribution is 9.10. The number of amides is 1. The van der Waals surface area contributed by atoms with Crippen LogP contribution in [0.3, 0.4) is 0 Å². The van der Waals surface area contributed by atoms with E-state index < -0.39 is 6.09 Å². The molecular weight excluding hydrogens is 374 g/mol. The minimum atomic E-state index is -0.486. The Balaban J connectivity index is 1.80. The number of benzene rings is 2. The van der Waals surface area contributed by atoms with E-state index in [1.165, 1.54) is 7.11 Å². The number of halogens is 1. The minimum absolute atomic E-state index is 0.0515. The van der Waals surface area contributed by atoms with Crippen LogP contribution in [0.5, 0.6) is 11.5 Å². The molecule has 0 radical (unpaired) electrons. The molecule has 0 aliphatic carbocycles. The van der Waals surface area contributed by atoms with Gasteiger partial charge in [-0.3, -0.25) is 0 Å². The van der Waals surface area contributed by atoms with E-state index in [0.717, 1.165) is 15.6 Å². The molecule has 6 heteroatoms. The number of hydrogen-bond acceptors (Lipinski definition) is 4. The van der Waals surface area contributed by atoms with Crippen LogP contribution in [0.1, 0.15) is 11.1 Å². The van der Waals surface area contributed by atoms with Gasteiger partial charge in [0.05, 0.1) is 7.11 Å².